The monoisotopic (exact) mass is 352 g/mol. The second kappa shape index (κ2) is 9.61. The van der Waals surface area contributed by atoms with Crippen molar-refractivity contribution in [2.45, 2.75) is 66.4 Å². The summed E-state index contributed by atoms with van der Waals surface area (Å²) in [4.78, 5) is 27.9. The lowest BCUT2D eigenvalue weighted by Crippen LogP contribution is -2.24. The average Bonchev–Trinajstić information content (AvgIpc) is 2.82. The van der Waals surface area contributed by atoms with Crippen LogP contribution in [0, 0.1) is 6.92 Å². The van der Waals surface area contributed by atoms with Gasteiger partial charge in [-0.15, -0.1) is 0 Å². The average molecular weight is 352 g/mol. The van der Waals surface area contributed by atoms with Gasteiger partial charge in [-0.1, -0.05) is 6.92 Å². The number of H-pyrrole nitrogens is 1. The Bertz CT molecular complexity index is 585. The molecule has 1 aromatic rings. The maximum atomic E-state index is 12.4. The maximum Gasteiger partial charge on any atom is 0.355 e. The highest BCUT2D eigenvalue weighted by Gasteiger charge is 2.27. The zero-order chi connectivity index (χ0) is 19.0. The van der Waals surface area contributed by atoms with Gasteiger partial charge in [-0.2, -0.15) is 0 Å². The molecule has 0 aromatic carbocycles. The molecule has 0 aliphatic carbocycles. The minimum Gasteiger partial charge on any atom is -0.462 e. The van der Waals surface area contributed by atoms with Gasteiger partial charge in [-0.3, -0.25) is 0 Å². The molecule has 1 heterocycles. The number of ether oxygens (including phenoxy) is 2. The van der Waals surface area contributed by atoms with Crippen molar-refractivity contribution in [3.8, 4) is 0 Å². The molecule has 1 aromatic heterocycles. The van der Waals surface area contributed by atoms with E-state index in [0.717, 1.165) is 31.6 Å². The highest BCUT2D eigenvalue weighted by molar-refractivity contribution is 5.98. The third-order valence-corrected chi connectivity index (χ3v) is 3.62. The third kappa shape index (κ3) is 6.53. The first-order chi connectivity index (χ1) is 11.7. The Labute approximate surface area is 150 Å². The first-order valence-electron chi connectivity index (χ1n) is 9.03. The molecule has 142 valence electrons. The summed E-state index contributed by atoms with van der Waals surface area (Å²) < 4.78 is 10.6. The Morgan fingerprint density at radius 1 is 1.12 bits per heavy atom. The minimum atomic E-state index is -0.594. The van der Waals surface area contributed by atoms with Crippen molar-refractivity contribution in [1.29, 1.82) is 0 Å². The largest absolute Gasteiger partial charge is 0.462 e. The Balaban J connectivity index is 3.01. The molecule has 1 rings (SSSR count). The molecular weight excluding hydrogens is 320 g/mol. The lowest BCUT2D eigenvalue weighted by molar-refractivity contribution is 0.00625. The molecule has 0 unspecified atom stereocenters. The number of nitrogens with one attached hydrogen (secondary N) is 2. The fourth-order valence-electron chi connectivity index (χ4n) is 2.55. The van der Waals surface area contributed by atoms with Gasteiger partial charge >= 0.3 is 11.9 Å². The van der Waals surface area contributed by atoms with Crippen LogP contribution in [0.5, 0.6) is 0 Å². The van der Waals surface area contributed by atoms with Crippen LogP contribution in [0.25, 0.3) is 0 Å². The summed E-state index contributed by atoms with van der Waals surface area (Å²) in [6, 6.07) is 0. The molecule has 2 N–H and O–H groups in total. The summed E-state index contributed by atoms with van der Waals surface area (Å²) in [6.45, 7) is 13.2. The summed E-state index contributed by atoms with van der Waals surface area (Å²) in [6.07, 6.45) is 2.60. The lowest BCUT2D eigenvalue weighted by atomic mass is 10.1. The molecule has 6 heteroatoms. The fraction of sp³-hybridized carbons (Fsp3) is 0.684. The van der Waals surface area contributed by atoms with E-state index in [1.165, 1.54) is 0 Å². The second-order valence-electron chi connectivity index (χ2n) is 7.05. The predicted molar refractivity (Wildman–Crippen MR) is 98.1 cm³/mol. The van der Waals surface area contributed by atoms with Crippen molar-refractivity contribution in [3.63, 3.8) is 0 Å². The number of aromatic nitrogens is 1. The van der Waals surface area contributed by atoms with Crippen molar-refractivity contribution in [1.82, 2.24) is 10.3 Å². The second-order valence-corrected chi connectivity index (χ2v) is 7.05. The van der Waals surface area contributed by atoms with E-state index >= 15 is 0 Å². The van der Waals surface area contributed by atoms with Gasteiger partial charge in [-0.25, -0.2) is 9.59 Å². The fourth-order valence-corrected chi connectivity index (χ4v) is 2.55. The Kier molecular flexibility index (Phi) is 8.16. The van der Waals surface area contributed by atoms with Crippen molar-refractivity contribution in [2.24, 2.45) is 0 Å². The topological polar surface area (TPSA) is 80.4 Å². The number of hydrogen-bond donors (Lipinski definition) is 2. The van der Waals surface area contributed by atoms with Crippen LogP contribution in [-0.4, -0.2) is 42.2 Å². The number of hydrogen-bond acceptors (Lipinski definition) is 5. The minimum absolute atomic E-state index is 0.294. The third-order valence-electron chi connectivity index (χ3n) is 3.62. The Hall–Kier alpha value is -1.82. The Morgan fingerprint density at radius 2 is 1.80 bits per heavy atom. The van der Waals surface area contributed by atoms with E-state index in [4.69, 9.17) is 9.47 Å². The van der Waals surface area contributed by atoms with Crippen molar-refractivity contribution < 1.29 is 19.1 Å². The van der Waals surface area contributed by atoms with E-state index in [-0.39, 0.29) is 0 Å². The molecule has 0 saturated carbocycles. The molecule has 25 heavy (non-hydrogen) atoms. The molecule has 0 aliphatic rings. The predicted octanol–water partition coefficient (Wildman–Crippen LogP) is 3.39. The van der Waals surface area contributed by atoms with Gasteiger partial charge < -0.3 is 19.8 Å². The van der Waals surface area contributed by atoms with E-state index in [9.17, 15) is 9.59 Å². The molecule has 0 aliphatic heterocycles. The van der Waals surface area contributed by atoms with Gasteiger partial charge in [0.1, 0.15) is 11.3 Å². The van der Waals surface area contributed by atoms with Crippen LogP contribution in [-0.2, 0) is 15.9 Å². The SMILES string of the molecule is CCCNCCCc1[nH]c(C(=O)OC(C)(C)C)c(C)c1C(=O)OCC. The van der Waals surface area contributed by atoms with Gasteiger partial charge in [0.15, 0.2) is 0 Å². The number of carbonyl (C=O) groups is 2. The summed E-state index contributed by atoms with van der Waals surface area (Å²) in [5.41, 5.74) is 1.51. The van der Waals surface area contributed by atoms with Gasteiger partial charge in [0, 0.05) is 5.69 Å². The number of esters is 2. The van der Waals surface area contributed by atoms with Crippen LogP contribution < -0.4 is 5.32 Å². The molecule has 0 spiro atoms. The summed E-state index contributed by atoms with van der Waals surface area (Å²) in [5.74, 6) is -0.853. The van der Waals surface area contributed by atoms with Crippen LogP contribution in [0.1, 0.15) is 79.6 Å². The number of aryl methyl sites for hydroxylation is 1. The number of aromatic amines is 1. The lowest BCUT2D eigenvalue weighted by Gasteiger charge is -2.19. The van der Waals surface area contributed by atoms with E-state index in [2.05, 4.69) is 17.2 Å². The van der Waals surface area contributed by atoms with E-state index in [1.54, 1.807) is 13.8 Å². The molecule has 0 atom stereocenters. The van der Waals surface area contributed by atoms with Crippen LogP contribution in [0.3, 0.4) is 0 Å². The van der Waals surface area contributed by atoms with E-state index in [0.29, 0.717) is 29.8 Å². The van der Waals surface area contributed by atoms with Crippen LogP contribution in [0.2, 0.25) is 0 Å². The zero-order valence-electron chi connectivity index (χ0n) is 16.4. The van der Waals surface area contributed by atoms with Gasteiger partial charge in [0.05, 0.1) is 12.2 Å². The Morgan fingerprint density at radius 3 is 2.36 bits per heavy atom. The molecule has 0 radical (unpaired) electrons. The van der Waals surface area contributed by atoms with Crippen LogP contribution in [0.15, 0.2) is 0 Å². The summed E-state index contributed by atoms with van der Waals surface area (Å²) >= 11 is 0. The van der Waals surface area contributed by atoms with E-state index in [1.807, 2.05) is 20.8 Å². The quantitative estimate of drug-likeness (QED) is 0.526. The van der Waals surface area contributed by atoms with Crippen molar-refractivity contribution in [2.75, 3.05) is 19.7 Å². The van der Waals surface area contributed by atoms with Gasteiger partial charge in [0.25, 0.3) is 0 Å². The zero-order valence-corrected chi connectivity index (χ0v) is 16.4. The first-order valence-corrected chi connectivity index (χ1v) is 9.03. The maximum absolute atomic E-state index is 12.4. The summed E-state index contributed by atoms with van der Waals surface area (Å²) in [7, 11) is 0. The standard InChI is InChI=1S/C19H32N2O4/c1-7-11-20-12-9-10-14-15(17(22)24-8-2)13(3)16(21-14)18(23)25-19(4,5)6/h20-21H,7-12H2,1-6H3. The van der Waals surface area contributed by atoms with Gasteiger partial charge in [0.2, 0.25) is 0 Å². The van der Waals surface area contributed by atoms with Crippen molar-refractivity contribution in [3.05, 3.63) is 22.5 Å². The molecule has 0 amide bonds. The highest BCUT2D eigenvalue weighted by atomic mass is 16.6. The van der Waals surface area contributed by atoms with Crippen LogP contribution in [0.4, 0.5) is 0 Å². The molecule has 0 saturated heterocycles. The molecular formula is C19H32N2O4. The number of rotatable bonds is 9. The van der Waals surface area contributed by atoms with E-state index < -0.39 is 17.5 Å². The smallest absolute Gasteiger partial charge is 0.355 e. The van der Waals surface area contributed by atoms with Gasteiger partial charge in [-0.05, 0) is 72.5 Å². The first kappa shape index (κ1) is 21.2. The molecule has 6 nitrogen and oxygen atoms in total. The van der Waals surface area contributed by atoms with Crippen molar-refractivity contribution >= 4 is 11.9 Å². The highest BCUT2D eigenvalue weighted by Crippen LogP contribution is 2.23. The molecule has 0 fully saturated rings. The van der Waals surface area contributed by atoms with Crippen LogP contribution >= 0.6 is 0 Å². The summed E-state index contributed by atoms with van der Waals surface area (Å²) in [5, 5.41) is 3.33. The number of carbonyl (C=O) groups excluding carboxylic acids is 2. The normalized spacial score (nSPS) is 11.4. The molecule has 0 bridgehead atoms.